The van der Waals surface area contributed by atoms with Gasteiger partial charge in [0.25, 0.3) is 0 Å². The number of hydrogen-bond donors (Lipinski definition) is 2. The fraction of sp³-hybridized carbons (Fsp3) is 0.417. The first-order chi connectivity index (χ1) is 14.5. The van der Waals surface area contributed by atoms with Crippen LogP contribution in [0.5, 0.6) is 0 Å². The van der Waals surface area contributed by atoms with E-state index in [9.17, 15) is 4.79 Å². The summed E-state index contributed by atoms with van der Waals surface area (Å²) >= 11 is 11.4. The number of halogens is 1. The van der Waals surface area contributed by atoms with E-state index >= 15 is 0 Å². The Morgan fingerprint density at radius 1 is 1.03 bits per heavy atom. The predicted octanol–water partition coefficient (Wildman–Crippen LogP) is 5.57. The van der Waals surface area contributed by atoms with Crippen LogP contribution in [0.25, 0.3) is 17.4 Å². The van der Waals surface area contributed by atoms with E-state index in [0.29, 0.717) is 15.9 Å². The molecule has 0 saturated heterocycles. The standard InChI is InChI=1S/C24H25ClN2O2S/c25-19-3-1-18(2-4-19)21-7-5-20(29-21)6-8-22(28)26-23(30)27-24-12-15-9-16(13-24)11-17(10-15)14-24/h1-8,15-17H,9-14H2,(H2,26,27,28,30). The molecule has 2 aromatic rings. The van der Waals surface area contributed by atoms with Gasteiger partial charge in [-0.3, -0.25) is 10.1 Å². The van der Waals surface area contributed by atoms with E-state index in [2.05, 4.69) is 10.6 Å². The monoisotopic (exact) mass is 440 g/mol. The van der Waals surface area contributed by atoms with Crippen molar-refractivity contribution < 1.29 is 9.21 Å². The van der Waals surface area contributed by atoms with Crippen LogP contribution in [-0.4, -0.2) is 16.6 Å². The minimum atomic E-state index is -0.248. The normalized spacial score (nSPS) is 29.3. The third-order valence-electron chi connectivity index (χ3n) is 6.81. The lowest BCUT2D eigenvalue weighted by molar-refractivity contribution is -0.115. The fourth-order valence-corrected chi connectivity index (χ4v) is 6.50. The Hall–Kier alpha value is -2.11. The van der Waals surface area contributed by atoms with Crippen LogP contribution in [0.1, 0.15) is 44.3 Å². The lowest BCUT2D eigenvalue weighted by Gasteiger charge is -2.57. The predicted molar refractivity (Wildman–Crippen MR) is 123 cm³/mol. The van der Waals surface area contributed by atoms with E-state index < -0.39 is 0 Å². The van der Waals surface area contributed by atoms with E-state index in [0.717, 1.165) is 29.1 Å². The van der Waals surface area contributed by atoms with Crippen LogP contribution in [0, 0.1) is 17.8 Å². The van der Waals surface area contributed by atoms with Crippen molar-refractivity contribution in [3.63, 3.8) is 0 Å². The summed E-state index contributed by atoms with van der Waals surface area (Å²) in [6.07, 6.45) is 10.8. The van der Waals surface area contributed by atoms with E-state index in [-0.39, 0.29) is 11.4 Å². The molecule has 0 aliphatic heterocycles. The van der Waals surface area contributed by atoms with Gasteiger partial charge < -0.3 is 9.73 Å². The second-order valence-corrected chi connectivity index (χ2v) is 10.0. The van der Waals surface area contributed by atoms with Crippen LogP contribution in [0.15, 0.2) is 46.9 Å². The first-order valence-corrected chi connectivity index (χ1v) is 11.4. The van der Waals surface area contributed by atoms with Crippen LogP contribution in [0.3, 0.4) is 0 Å². The third kappa shape index (κ3) is 4.19. The Morgan fingerprint density at radius 3 is 2.30 bits per heavy atom. The highest BCUT2D eigenvalue weighted by Crippen LogP contribution is 2.55. The molecule has 0 unspecified atom stereocenters. The number of nitrogens with one attached hydrogen (secondary N) is 2. The summed E-state index contributed by atoms with van der Waals surface area (Å²) in [6.45, 7) is 0. The molecule has 30 heavy (non-hydrogen) atoms. The molecule has 6 rings (SSSR count). The van der Waals surface area contributed by atoms with Gasteiger partial charge in [-0.2, -0.15) is 0 Å². The summed E-state index contributed by atoms with van der Waals surface area (Å²) in [4.78, 5) is 12.3. The molecule has 4 fully saturated rings. The van der Waals surface area contributed by atoms with Gasteiger partial charge in [-0.05, 0) is 111 Å². The minimum absolute atomic E-state index is 0.0946. The smallest absolute Gasteiger partial charge is 0.250 e. The second kappa shape index (κ2) is 7.86. The van der Waals surface area contributed by atoms with Gasteiger partial charge in [0.2, 0.25) is 5.91 Å². The zero-order chi connectivity index (χ0) is 20.7. The van der Waals surface area contributed by atoms with Crippen molar-refractivity contribution in [2.45, 2.75) is 44.1 Å². The topological polar surface area (TPSA) is 54.3 Å². The van der Waals surface area contributed by atoms with Crippen LogP contribution < -0.4 is 10.6 Å². The molecule has 1 aromatic heterocycles. The number of carbonyl (C=O) groups is 1. The number of thiocarbonyl (C=S) groups is 1. The average molecular weight is 441 g/mol. The van der Waals surface area contributed by atoms with Gasteiger partial charge in [0.15, 0.2) is 5.11 Å². The molecule has 4 nitrogen and oxygen atoms in total. The number of rotatable bonds is 4. The van der Waals surface area contributed by atoms with Crippen LogP contribution in [0.4, 0.5) is 0 Å². The van der Waals surface area contributed by atoms with Crippen molar-refractivity contribution in [3.05, 3.63) is 53.3 Å². The van der Waals surface area contributed by atoms with Crippen molar-refractivity contribution >= 4 is 40.9 Å². The maximum Gasteiger partial charge on any atom is 0.250 e. The molecule has 156 valence electrons. The summed E-state index contributed by atoms with van der Waals surface area (Å²) in [5.41, 5.74) is 1.03. The minimum Gasteiger partial charge on any atom is -0.457 e. The Bertz CT molecular complexity index is 960. The number of hydrogen-bond acceptors (Lipinski definition) is 3. The van der Waals surface area contributed by atoms with Gasteiger partial charge in [-0.1, -0.05) is 11.6 Å². The Kier molecular flexibility index (Phi) is 5.19. The van der Waals surface area contributed by atoms with Crippen molar-refractivity contribution in [3.8, 4) is 11.3 Å². The van der Waals surface area contributed by atoms with Gasteiger partial charge in [-0.15, -0.1) is 0 Å². The van der Waals surface area contributed by atoms with Crippen molar-refractivity contribution in [1.29, 1.82) is 0 Å². The quantitative estimate of drug-likeness (QED) is 0.481. The number of furan rings is 1. The van der Waals surface area contributed by atoms with Gasteiger partial charge in [-0.25, -0.2) is 0 Å². The molecule has 4 bridgehead atoms. The van der Waals surface area contributed by atoms with E-state index in [1.165, 1.54) is 44.6 Å². The fourth-order valence-electron chi connectivity index (χ4n) is 6.06. The molecule has 0 radical (unpaired) electrons. The summed E-state index contributed by atoms with van der Waals surface area (Å²) in [5, 5.41) is 7.44. The molecule has 4 aliphatic carbocycles. The van der Waals surface area contributed by atoms with Crippen LogP contribution >= 0.6 is 23.8 Å². The zero-order valence-corrected chi connectivity index (χ0v) is 18.3. The van der Waals surface area contributed by atoms with Crippen molar-refractivity contribution in [1.82, 2.24) is 10.6 Å². The van der Waals surface area contributed by atoms with E-state index in [4.69, 9.17) is 28.2 Å². The maximum absolute atomic E-state index is 12.3. The summed E-state index contributed by atoms with van der Waals surface area (Å²) in [6, 6.07) is 11.1. The van der Waals surface area contributed by atoms with Crippen molar-refractivity contribution in [2.75, 3.05) is 0 Å². The molecule has 6 heteroatoms. The largest absolute Gasteiger partial charge is 0.457 e. The molecule has 4 aliphatic rings. The molecule has 1 amide bonds. The van der Waals surface area contributed by atoms with Crippen LogP contribution in [0.2, 0.25) is 5.02 Å². The van der Waals surface area contributed by atoms with Gasteiger partial charge in [0, 0.05) is 22.2 Å². The third-order valence-corrected chi connectivity index (χ3v) is 7.26. The summed E-state index contributed by atoms with van der Waals surface area (Å²) in [7, 11) is 0. The lowest BCUT2D eigenvalue weighted by Crippen LogP contribution is -2.61. The zero-order valence-electron chi connectivity index (χ0n) is 16.7. The molecule has 4 saturated carbocycles. The van der Waals surface area contributed by atoms with Crippen molar-refractivity contribution in [2.24, 2.45) is 17.8 Å². The molecule has 0 spiro atoms. The SMILES string of the molecule is O=C(C=Cc1ccc(-c2ccc(Cl)cc2)o1)NC(=S)NC12CC3CC(CC(C3)C1)C2. The lowest BCUT2D eigenvalue weighted by atomic mass is 9.53. The van der Waals surface area contributed by atoms with E-state index in [1.54, 1.807) is 6.08 Å². The number of carbonyl (C=O) groups excluding carboxylic acids is 1. The summed E-state index contributed by atoms with van der Waals surface area (Å²) in [5.74, 6) is 3.57. The molecular weight excluding hydrogens is 416 g/mol. The summed E-state index contributed by atoms with van der Waals surface area (Å²) < 4.78 is 5.80. The molecular formula is C24H25ClN2O2S. The number of benzene rings is 1. The van der Waals surface area contributed by atoms with Gasteiger partial charge in [0.05, 0.1) is 0 Å². The highest BCUT2D eigenvalue weighted by atomic mass is 35.5. The van der Waals surface area contributed by atoms with E-state index in [1.807, 2.05) is 36.4 Å². The first-order valence-electron chi connectivity index (χ1n) is 10.6. The molecule has 2 N–H and O–H groups in total. The molecule has 1 aromatic carbocycles. The average Bonchev–Trinajstić information content (AvgIpc) is 3.14. The Morgan fingerprint density at radius 2 is 1.67 bits per heavy atom. The Balaban J connectivity index is 1.17. The van der Waals surface area contributed by atoms with Gasteiger partial charge >= 0.3 is 0 Å². The highest BCUT2D eigenvalue weighted by molar-refractivity contribution is 7.80. The Labute approximate surface area is 187 Å². The van der Waals surface area contributed by atoms with Gasteiger partial charge in [0.1, 0.15) is 11.5 Å². The number of amides is 1. The molecule has 0 atom stereocenters. The second-order valence-electron chi connectivity index (χ2n) is 9.18. The maximum atomic E-state index is 12.3. The highest BCUT2D eigenvalue weighted by Gasteiger charge is 2.51. The first kappa shape index (κ1) is 19.8. The molecule has 1 heterocycles. The van der Waals surface area contributed by atoms with Crippen LogP contribution in [-0.2, 0) is 4.79 Å².